The van der Waals surface area contributed by atoms with Crippen LogP contribution >= 0.6 is 0 Å². The first-order chi connectivity index (χ1) is 6.13. The van der Waals surface area contributed by atoms with E-state index < -0.39 is 0 Å². The van der Waals surface area contributed by atoms with Crippen molar-refractivity contribution in [2.24, 2.45) is 5.92 Å². The lowest BCUT2D eigenvalue weighted by Crippen LogP contribution is -1.98. The van der Waals surface area contributed by atoms with Crippen LogP contribution in [0, 0.1) is 11.3 Å². The molecule has 0 heterocycles. The summed E-state index contributed by atoms with van der Waals surface area (Å²) in [6.45, 7) is 4.36. The van der Waals surface area contributed by atoms with Crippen LogP contribution in [0.5, 0.6) is 0 Å². The van der Waals surface area contributed by atoms with E-state index >= 15 is 0 Å². The monoisotopic (exact) mass is 176 g/mol. The Bertz CT molecular complexity index is 303. The fraction of sp³-hybridized carbons (Fsp3) is 0.364. The SMILES string of the molecule is CC(C)Cc1ccc(C=N)c(N)c1. The van der Waals surface area contributed by atoms with Gasteiger partial charge in [-0.25, -0.2) is 0 Å². The van der Waals surface area contributed by atoms with Gasteiger partial charge in [-0.05, 0) is 24.0 Å². The quantitative estimate of drug-likeness (QED) is 0.539. The summed E-state index contributed by atoms with van der Waals surface area (Å²) in [5, 5.41) is 7.09. The molecule has 0 aliphatic heterocycles. The van der Waals surface area contributed by atoms with E-state index in [1.807, 2.05) is 18.2 Å². The van der Waals surface area contributed by atoms with Gasteiger partial charge in [0.25, 0.3) is 0 Å². The van der Waals surface area contributed by atoms with E-state index in [0.29, 0.717) is 11.6 Å². The van der Waals surface area contributed by atoms with Gasteiger partial charge in [-0.15, -0.1) is 0 Å². The highest BCUT2D eigenvalue weighted by atomic mass is 14.6. The van der Waals surface area contributed by atoms with Gasteiger partial charge in [0.15, 0.2) is 0 Å². The number of hydrogen-bond donors (Lipinski definition) is 2. The van der Waals surface area contributed by atoms with Gasteiger partial charge in [0, 0.05) is 17.5 Å². The third-order valence-electron chi connectivity index (χ3n) is 1.95. The zero-order valence-electron chi connectivity index (χ0n) is 8.17. The maximum atomic E-state index is 7.09. The standard InChI is InChI=1S/C11H16N2/c1-8(2)5-9-3-4-10(7-12)11(13)6-9/h3-4,6-8,12H,5,13H2,1-2H3. The number of nitrogen functional groups attached to an aromatic ring is 1. The van der Waals surface area contributed by atoms with E-state index in [4.69, 9.17) is 11.1 Å². The molecule has 0 atom stereocenters. The average Bonchev–Trinajstić information content (AvgIpc) is 2.03. The Kier molecular flexibility index (Phi) is 3.07. The summed E-state index contributed by atoms with van der Waals surface area (Å²) in [7, 11) is 0. The fourth-order valence-corrected chi connectivity index (χ4v) is 1.35. The van der Waals surface area contributed by atoms with Gasteiger partial charge in [0.05, 0.1) is 0 Å². The third-order valence-corrected chi connectivity index (χ3v) is 1.95. The molecule has 1 rings (SSSR count). The molecule has 0 fully saturated rings. The summed E-state index contributed by atoms with van der Waals surface area (Å²) >= 11 is 0. The molecule has 1 aromatic carbocycles. The number of nitrogens with one attached hydrogen (secondary N) is 1. The lowest BCUT2D eigenvalue weighted by atomic mass is 10.0. The molecule has 0 amide bonds. The number of hydrogen-bond acceptors (Lipinski definition) is 2. The summed E-state index contributed by atoms with van der Waals surface area (Å²) in [6, 6.07) is 5.90. The predicted molar refractivity (Wildman–Crippen MR) is 57.3 cm³/mol. The van der Waals surface area contributed by atoms with Crippen molar-refractivity contribution in [1.29, 1.82) is 5.41 Å². The van der Waals surface area contributed by atoms with Crippen LogP contribution in [0.4, 0.5) is 5.69 Å². The molecule has 2 heteroatoms. The third kappa shape index (κ3) is 2.58. The van der Waals surface area contributed by atoms with Gasteiger partial charge in [0.2, 0.25) is 0 Å². The first-order valence-corrected chi connectivity index (χ1v) is 4.52. The summed E-state index contributed by atoms with van der Waals surface area (Å²) < 4.78 is 0. The van der Waals surface area contributed by atoms with Gasteiger partial charge < -0.3 is 11.1 Å². The smallest absolute Gasteiger partial charge is 0.0405 e. The Morgan fingerprint density at radius 1 is 1.46 bits per heavy atom. The van der Waals surface area contributed by atoms with Gasteiger partial charge >= 0.3 is 0 Å². The van der Waals surface area contributed by atoms with E-state index in [2.05, 4.69) is 13.8 Å². The van der Waals surface area contributed by atoms with Crippen LogP contribution < -0.4 is 5.73 Å². The second-order valence-corrected chi connectivity index (χ2v) is 3.71. The molecule has 70 valence electrons. The molecule has 0 spiro atoms. The van der Waals surface area contributed by atoms with Crippen LogP contribution in [-0.4, -0.2) is 6.21 Å². The van der Waals surface area contributed by atoms with Crippen LogP contribution in [-0.2, 0) is 6.42 Å². The van der Waals surface area contributed by atoms with Gasteiger partial charge in [-0.1, -0.05) is 26.0 Å². The van der Waals surface area contributed by atoms with E-state index in [1.165, 1.54) is 11.8 Å². The highest BCUT2D eigenvalue weighted by Gasteiger charge is 2.00. The van der Waals surface area contributed by atoms with Crippen LogP contribution in [0.25, 0.3) is 0 Å². The Hall–Kier alpha value is -1.31. The Morgan fingerprint density at radius 2 is 2.15 bits per heavy atom. The average molecular weight is 176 g/mol. The predicted octanol–water partition coefficient (Wildman–Crippen LogP) is 2.46. The van der Waals surface area contributed by atoms with Crippen LogP contribution in [0.2, 0.25) is 0 Å². The fourth-order valence-electron chi connectivity index (χ4n) is 1.35. The zero-order chi connectivity index (χ0) is 9.84. The summed E-state index contributed by atoms with van der Waals surface area (Å²) in [6.07, 6.45) is 2.33. The van der Waals surface area contributed by atoms with E-state index in [0.717, 1.165) is 12.0 Å². The molecule has 0 bridgehead atoms. The molecule has 0 radical (unpaired) electrons. The first-order valence-electron chi connectivity index (χ1n) is 4.52. The second-order valence-electron chi connectivity index (χ2n) is 3.71. The minimum atomic E-state index is 0.644. The molecule has 13 heavy (non-hydrogen) atoms. The Balaban J connectivity index is 2.89. The number of benzene rings is 1. The topological polar surface area (TPSA) is 49.9 Å². The van der Waals surface area contributed by atoms with E-state index in [-0.39, 0.29) is 0 Å². The van der Waals surface area contributed by atoms with Crippen molar-refractivity contribution < 1.29 is 0 Å². The van der Waals surface area contributed by atoms with Crippen LogP contribution in [0.15, 0.2) is 18.2 Å². The molecule has 0 aromatic heterocycles. The normalized spacial score (nSPS) is 10.4. The van der Waals surface area contributed by atoms with E-state index in [9.17, 15) is 0 Å². The van der Waals surface area contributed by atoms with Gasteiger partial charge in [0.1, 0.15) is 0 Å². The molecule has 0 aliphatic carbocycles. The van der Waals surface area contributed by atoms with Crippen LogP contribution in [0.3, 0.4) is 0 Å². The molecule has 0 unspecified atom stereocenters. The van der Waals surface area contributed by atoms with Gasteiger partial charge in [-0.3, -0.25) is 0 Å². The van der Waals surface area contributed by atoms with E-state index in [1.54, 1.807) is 0 Å². The van der Waals surface area contributed by atoms with Crippen molar-refractivity contribution in [2.75, 3.05) is 5.73 Å². The summed E-state index contributed by atoms with van der Waals surface area (Å²) in [4.78, 5) is 0. The van der Waals surface area contributed by atoms with Crippen molar-refractivity contribution in [1.82, 2.24) is 0 Å². The Morgan fingerprint density at radius 3 is 2.62 bits per heavy atom. The molecular weight excluding hydrogens is 160 g/mol. The molecule has 3 N–H and O–H groups in total. The summed E-state index contributed by atoms with van der Waals surface area (Å²) in [5.74, 6) is 0.644. The van der Waals surface area contributed by atoms with Crippen molar-refractivity contribution in [3.8, 4) is 0 Å². The minimum Gasteiger partial charge on any atom is -0.398 e. The molecule has 0 aliphatic rings. The van der Waals surface area contributed by atoms with Crippen LogP contribution in [0.1, 0.15) is 25.0 Å². The maximum Gasteiger partial charge on any atom is 0.0405 e. The van der Waals surface area contributed by atoms with Crippen molar-refractivity contribution in [2.45, 2.75) is 20.3 Å². The first kappa shape index (κ1) is 9.78. The molecule has 0 saturated carbocycles. The number of rotatable bonds is 3. The second kappa shape index (κ2) is 4.08. The molecular formula is C11H16N2. The lowest BCUT2D eigenvalue weighted by Gasteiger charge is -2.07. The Labute approximate surface area is 79.3 Å². The lowest BCUT2D eigenvalue weighted by molar-refractivity contribution is 0.647. The largest absolute Gasteiger partial charge is 0.398 e. The maximum absolute atomic E-state index is 7.09. The van der Waals surface area contributed by atoms with Crippen molar-refractivity contribution >= 4 is 11.9 Å². The highest BCUT2D eigenvalue weighted by molar-refractivity contribution is 5.84. The molecule has 2 nitrogen and oxygen atoms in total. The van der Waals surface area contributed by atoms with Crippen molar-refractivity contribution in [3.05, 3.63) is 29.3 Å². The number of anilines is 1. The van der Waals surface area contributed by atoms with Gasteiger partial charge in [-0.2, -0.15) is 0 Å². The molecule has 0 saturated heterocycles. The summed E-state index contributed by atoms with van der Waals surface area (Å²) in [5.41, 5.74) is 8.51. The van der Waals surface area contributed by atoms with Crippen molar-refractivity contribution in [3.63, 3.8) is 0 Å². The highest BCUT2D eigenvalue weighted by Crippen LogP contribution is 2.15. The number of nitrogens with two attached hydrogens (primary N) is 1. The minimum absolute atomic E-state index is 0.644. The zero-order valence-corrected chi connectivity index (χ0v) is 8.17. The molecule has 1 aromatic rings.